The van der Waals surface area contributed by atoms with Crippen molar-refractivity contribution in [2.24, 2.45) is 0 Å². The van der Waals surface area contributed by atoms with Gasteiger partial charge in [0.1, 0.15) is 5.56 Å². The number of hydrogen-bond donors (Lipinski definition) is 2. The first-order chi connectivity index (χ1) is 15.6. The second-order valence-corrected chi connectivity index (χ2v) is 8.22. The molecule has 0 aliphatic carbocycles. The molecule has 1 amide bonds. The molecule has 0 bridgehead atoms. The van der Waals surface area contributed by atoms with Gasteiger partial charge in [0.15, 0.2) is 11.1 Å². The Morgan fingerprint density at radius 1 is 1.06 bits per heavy atom. The van der Waals surface area contributed by atoms with E-state index in [4.69, 9.17) is 16.2 Å². The van der Waals surface area contributed by atoms with E-state index in [1.54, 1.807) is 24.3 Å². The molecule has 3 rings (SSSR count). The van der Waals surface area contributed by atoms with Gasteiger partial charge in [-0.1, -0.05) is 30.3 Å². The van der Waals surface area contributed by atoms with Crippen LogP contribution in [0.5, 0.6) is 0 Å². The normalized spacial score (nSPS) is 12.4. The SMILES string of the molecule is O=C(NCc1ccc(CS(=O)O)cc1)c1ccc(CCl)n(-c2cccc(C(F)(F)F)c2)c1=O. The lowest BCUT2D eigenvalue weighted by molar-refractivity contribution is -0.137. The van der Waals surface area contributed by atoms with Gasteiger partial charge in [0.05, 0.1) is 17.2 Å². The molecule has 0 fully saturated rings. The predicted octanol–water partition coefficient (Wildman–Crippen LogP) is 4.25. The van der Waals surface area contributed by atoms with Gasteiger partial charge in [-0.2, -0.15) is 13.2 Å². The third-order valence-corrected chi connectivity index (χ3v) is 5.60. The number of carbonyl (C=O) groups is 1. The molecular formula is C22H18ClF3N2O4S. The Hall–Kier alpha value is -2.95. The molecule has 0 saturated carbocycles. The van der Waals surface area contributed by atoms with Crippen LogP contribution in [0.25, 0.3) is 5.69 Å². The molecular weight excluding hydrogens is 481 g/mol. The molecule has 0 spiro atoms. The van der Waals surface area contributed by atoms with Gasteiger partial charge in [0, 0.05) is 17.9 Å². The lowest BCUT2D eigenvalue weighted by Crippen LogP contribution is -2.33. The number of pyridine rings is 1. The maximum atomic E-state index is 13.1. The topological polar surface area (TPSA) is 88.4 Å². The lowest BCUT2D eigenvalue weighted by atomic mass is 10.1. The van der Waals surface area contributed by atoms with E-state index in [1.807, 2.05) is 0 Å². The highest BCUT2D eigenvalue weighted by Crippen LogP contribution is 2.30. The minimum Gasteiger partial charge on any atom is -0.348 e. The second kappa shape index (κ2) is 10.3. The number of nitrogens with one attached hydrogen (secondary N) is 1. The van der Waals surface area contributed by atoms with Crippen LogP contribution < -0.4 is 10.9 Å². The zero-order chi connectivity index (χ0) is 24.2. The summed E-state index contributed by atoms with van der Waals surface area (Å²) >= 11 is 3.92. The third-order valence-electron chi connectivity index (χ3n) is 4.74. The summed E-state index contributed by atoms with van der Waals surface area (Å²) in [5, 5.41) is 2.59. The molecule has 11 heteroatoms. The molecule has 0 radical (unpaired) electrons. The highest BCUT2D eigenvalue weighted by Gasteiger charge is 2.30. The number of halogens is 4. The summed E-state index contributed by atoms with van der Waals surface area (Å²) in [5.74, 6) is -0.880. The molecule has 0 aliphatic heterocycles. The monoisotopic (exact) mass is 498 g/mol. The van der Waals surface area contributed by atoms with Crippen LogP contribution in [0.1, 0.15) is 32.7 Å². The van der Waals surface area contributed by atoms with Crippen molar-refractivity contribution in [1.82, 2.24) is 9.88 Å². The van der Waals surface area contributed by atoms with Crippen molar-refractivity contribution in [3.05, 3.63) is 99.0 Å². The van der Waals surface area contributed by atoms with Gasteiger partial charge in [-0.25, -0.2) is 4.21 Å². The Bertz CT molecular complexity index is 1240. The van der Waals surface area contributed by atoms with E-state index in [2.05, 4.69) is 5.32 Å². The summed E-state index contributed by atoms with van der Waals surface area (Å²) in [4.78, 5) is 25.7. The Kier molecular flexibility index (Phi) is 7.72. The van der Waals surface area contributed by atoms with E-state index in [0.717, 1.165) is 16.7 Å². The fourth-order valence-corrected chi connectivity index (χ4v) is 3.82. The van der Waals surface area contributed by atoms with E-state index < -0.39 is 34.3 Å². The maximum Gasteiger partial charge on any atom is 0.416 e. The van der Waals surface area contributed by atoms with Crippen LogP contribution in [0.3, 0.4) is 0 Å². The van der Waals surface area contributed by atoms with Crippen LogP contribution >= 0.6 is 11.6 Å². The Balaban J connectivity index is 1.87. The van der Waals surface area contributed by atoms with Gasteiger partial charge in [-0.3, -0.25) is 14.2 Å². The lowest BCUT2D eigenvalue weighted by Gasteiger charge is -2.15. The van der Waals surface area contributed by atoms with E-state index in [1.165, 1.54) is 24.3 Å². The summed E-state index contributed by atoms with van der Waals surface area (Å²) in [7, 11) is 0. The fraction of sp³-hybridized carbons (Fsp3) is 0.182. The van der Waals surface area contributed by atoms with Crippen molar-refractivity contribution in [2.75, 3.05) is 0 Å². The van der Waals surface area contributed by atoms with Crippen molar-refractivity contribution in [2.45, 2.75) is 24.4 Å². The van der Waals surface area contributed by atoms with Crippen molar-refractivity contribution < 1.29 is 26.7 Å². The van der Waals surface area contributed by atoms with Crippen LogP contribution in [0.2, 0.25) is 0 Å². The van der Waals surface area contributed by atoms with Crippen LogP contribution in [0.4, 0.5) is 13.2 Å². The first kappa shape index (κ1) is 24.7. The minimum absolute atomic E-state index is 0.0192. The van der Waals surface area contributed by atoms with Gasteiger partial charge < -0.3 is 9.87 Å². The average Bonchev–Trinajstić information content (AvgIpc) is 2.77. The standard InChI is InChI=1S/C22H18ClF3N2O4S/c23-11-18-8-9-19(20(29)27-12-14-4-6-15(7-5-14)13-33(31)32)21(30)28(18)17-3-1-2-16(10-17)22(24,25)26/h1-10H,11-13H2,(H,27,29)(H,31,32). The van der Waals surface area contributed by atoms with Crippen LogP contribution in [0, 0.1) is 0 Å². The highest BCUT2D eigenvalue weighted by molar-refractivity contribution is 7.78. The number of aromatic nitrogens is 1. The van der Waals surface area contributed by atoms with Crippen molar-refractivity contribution in [3.63, 3.8) is 0 Å². The molecule has 0 aliphatic rings. The number of benzene rings is 2. The Labute approximate surface area is 194 Å². The van der Waals surface area contributed by atoms with E-state index in [-0.39, 0.29) is 35.1 Å². The highest BCUT2D eigenvalue weighted by atomic mass is 35.5. The molecule has 2 N–H and O–H groups in total. The van der Waals surface area contributed by atoms with Crippen LogP contribution in [-0.2, 0) is 35.4 Å². The molecule has 1 aromatic heterocycles. The number of amides is 1. The number of nitrogens with zero attached hydrogens (tertiary/aromatic N) is 1. The van der Waals surface area contributed by atoms with Gasteiger partial charge >= 0.3 is 6.18 Å². The summed E-state index contributed by atoms with van der Waals surface area (Å²) in [5.41, 5.74) is -0.487. The predicted molar refractivity (Wildman–Crippen MR) is 119 cm³/mol. The third kappa shape index (κ3) is 6.10. The molecule has 3 aromatic rings. The Morgan fingerprint density at radius 2 is 1.73 bits per heavy atom. The first-order valence-corrected chi connectivity index (χ1v) is 11.3. The molecule has 6 nitrogen and oxygen atoms in total. The van der Waals surface area contributed by atoms with Gasteiger partial charge in [-0.05, 0) is 41.5 Å². The van der Waals surface area contributed by atoms with E-state index in [0.29, 0.717) is 11.1 Å². The zero-order valence-corrected chi connectivity index (χ0v) is 18.5. The molecule has 2 aromatic carbocycles. The molecule has 33 heavy (non-hydrogen) atoms. The van der Waals surface area contributed by atoms with E-state index in [9.17, 15) is 27.0 Å². The van der Waals surface area contributed by atoms with Crippen LogP contribution in [0.15, 0.2) is 65.5 Å². The molecule has 1 heterocycles. The molecule has 0 saturated heterocycles. The summed E-state index contributed by atoms with van der Waals surface area (Å²) < 4.78 is 60.1. The summed E-state index contributed by atoms with van der Waals surface area (Å²) in [6.45, 7) is 0.0710. The minimum atomic E-state index is -4.60. The smallest absolute Gasteiger partial charge is 0.348 e. The largest absolute Gasteiger partial charge is 0.416 e. The van der Waals surface area contributed by atoms with Crippen LogP contribution in [-0.4, -0.2) is 19.2 Å². The van der Waals surface area contributed by atoms with Crippen molar-refractivity contribution in [1.29, 1.82) is 0 Å². The molecule has 1 unspecified atom stereocenters. The van der Waals surface area contributed by atoms with Gasteiger partial charge in [0.2, 0.25) is 0 Å². The fourth-order valence-electron chi connectivity index (χ4n) is 3.13. The van der Waals surface area contributed by atoms with Gasteiger partial charge in [-0.15, -0.1) is 11.6 Å². The average molecular weight is 499 g/mol. The number of carbonyl (C=O) groups excluding carboxylic acids is 1. The Morgan fingerprint density at radius 3 is 2.33 bits per heavy atom. The molecule has 1 atom stereocenters. The van der Waals surface area contributed by atoms with Crippen molar-refractivity contribution >= 4 is 28.6 Å². The summed E-state index contributed by atoms with van der Waals surface area (Å²) in [6.07, 6.45) is -4.60. The number of hydrogen-bond acceptors (Lipinski definition) is 3. The molecule has 174 valence electrons. The quantitative estimate of drug-likeness (QED) is 0.376. The number of alkyl halides is 4. The first-order valence-electron chi connectivity index (χ1n) is 9.52. The van der Waals surface area contributed by atoms with Crippen molar-refractivity contribution in [3.8, 4) is 5.69 Å². The number of rotatable bonds is 7. The zero-order valence-electron chi connectivity index (χ0n) is 16.9. The maximum absolute atomic E-state index is 13.1. The van der Waals surface area contributed by atoms with E-state index >= 15 is 0 Å². The summed E-state index contributed by atoms with van der Waals surface area (Å²) in [6, 6.07) is 13.5. The second-order valence-electron chi connectivity index (χ2n) is 7.03. The van der Waals surface area contributed by atoms with Gasteiger partial charge in [0.25, 0.3) is 11.5 Å².